The third-order valence-corrected chi connectivity index (χ3v) is 3.27. The molecule has 2 aromatic rings. The van der Waals surface area contributed by atoms with E-state index in [4.69, 9.17) is 9.47 Å². The third kappa shape index (κ3) is 2.13. The number of aldehydes is 1. The molecule has 3 rings (SSSR count). The molecule has 0 saturated carbocycles. The lowest BCUT2D eigenvalue weighted by atomic mass is 10.1. The summed E-state index contributed by atoms with van der Waals surface area (Å²) in [7, 11) is 0. The van der Waals surface area contributed by atoms with Crippen LogP contribution >= 0.6 is 0 Å². The molecule has 0 spiro atoms. The number of rotatable bonds is 5. The molecule has 0 radical (unpaired) electrons. The minimum atomic E-state index is 0.235. The molecular weight excluding hydrogens is 258 g/mol. The fourth-order valence-electron chi connectivity index (χ4n) is 2.21. The molecule has 0 saturated heterocycles. The quantitative estimate of drug-likeness (QED) is 0.781. The first-order chi connectivity index (χ1) is 9.83. The van der Waals surface area contributed by atoms with Crippen LogP contribution < -0.4 is 9.47 Å². The fraction of sp³-hybridized carbons (Fsp3) is 0.357. The van der Waals surface area contributed by atoms with E-state index in [0.29, 0.717) is 11.4 Å². The van der Waals surface area contributed by atoms with Crippen molar-refractivity contribution in [2.45, 2.75) is 26.2 Å². The first-order valence-corrected chi connectivity index (χ1v) is 6.63. The molecule has 0 amide bonds. The van der Waals surface area contributed by atoms with Crippen molar-refractivity contribution in [3.63, 3.8) is 0 Å². The summed E-state index contributed by atoms with van der Waals surface area (Å²) in [5.74, 6) is 1.41. The summed E-state index contributed by atoms with van der Waals surface area (Å²) in [6, 6.07) is 5.57. The molecule has 2 heterocycles. The zero-order chi connectivity index (χ0) is 13.9. The molecule has 6 nitrogen and oxygen atoms in total. The van der Waals surface area contributed by atoms with Crippen LogP contribution in [0.4, 0.5) is 0 Å². The van der Waals surface area contributed by atoms with E-state index in [1.54, 1.807) is 4.68 Å². The van der Waals surface area contributed by atoms with Crippen molar-refractivity contribution in [1.29, 1.82) is 0 Å². The molecule has 0 aliphatic carbocycles. The van der Waals surface area contributed by atoms with Crippen LogP contribution in [-0.2, 0) is 6.42 Å². The Morgan fingerprint density at radius 3 is 3.00 bits per heavy atom. The van der Waals surface area contributed by atoms with Gasteiger partial charge in [-0.25, -0.2) is 4.68 Å². The smallest absolute Gasteiger partial charge is 0.231 e. The van der Waals surface area contributed by atoms with E-state index in [2.05, 4.69) is 17.2 Å². The van der Waals surface area contributed by atoms with E-state index in [-0.39, 0.29) is 6.79 Å². The van der Waals surface area contributed by atoms with E-state index in [0.717, 1.165) is 42.7 Å². The van der Waals surface area contributed by atoms with Gasteiger partial charge in [0.15, 0.2) is 17.8 Å². The fourth-order valence-corrected chi connectivity index (χ4v) is 2.21. The number of benzene rings is 1. The standard InChI is InChI=1S/C14H15N3O3/c1-2-3-4-12-11(8-18)15-16-17(12)10-5-6-13-14(7-10)20-9-19-13/h5-8H,2-4,9H2,1H3. The second-order valence-corrected chi connectivity index (χ2v) is 4.59. The van der Waals surface area contributed by atoms with Gasteiger partial charge in [-0.15, -0.1) is 5.10 Å². The maximum atomic E-state index is 11.1. The second-order valence-electron chi connectivity index (χ2n) is 4.59. The normalized spacial score (nSPS) is 12.7. The molecule has 20 heavy (non-hydrogen) atoms. The van der Waals surface area contributed by atoms with Crippen molar-refractivity contribution in [3.05, 3.63) is 29.6 Å². The van der Waals surface area contributed by atoms with E-state index in [9.17, 15) is 4.79 Å². The van der Waals surface area contributed by atoms with E-state index in [1.165, 1.54) is 0 Å². The predicted octanol–water partition coefficient (Wildman–Crippen LogP) is 2.15. The molecule has 0 N–H and O–H groups in total. The highest BCUT2D eigenvalue weighted by molar-refractivity contribution is 5.73. The first-order valence-electron chi connectivity index (χ1n) is 6.63. The van der Waals surface area contributed by atoms with Crippen molar-refractivity contribution in [2.75, 3.05) is 6.79 Å². The highest BCUT2D eigenvalue weighted by Crippen LogP contribution is 2.33. The number of carbonyl (C=O) groups excluding carboxylic acids is 1. The topological polar surface area (TPSA) is 66.2 Å². The van der Waals surface area contributed by atoms with Gasteiger partial charge < -0.3 is 9.47 Å². The summed E-state index contributed by atoms with van der Waals surface area (Å²) in [5.41, 5.74) is 2.05. The molecule has 1 aliphatic heterocycles. The van der Waals surface area contributed by atoms with E-state index in [1.807, 2.05) is 18.2 Å². The van der Waals surface area contributed by atoms with Crippen molar-refractivity contribution in [2.24, 2.45) is 0 Å². The van der Waals surface area contributed by atoms with Crippen molar-refractivity contribution >= 4 is 6.29 Å². The van der Waals surface area contributed by atoms with Gasteiger partial charge in [-0.1, -0.05) is 18.6 Å². The molecule has 6 heteroatoms. The predicted molar refractivity (Wildman–Crippen MR) is 71.5 cm³/mol. The Bertz CT molecular complexity index is 637. The number of ether oxygens (including phenoxy) is 2. The second kappa shape index (κ2) is 5.32. The molecular formula is C14H15N3O3. The molecule has 0 unspecified atom stereocenters. The summed E-state index contributed by atoms with van der Waals surface area (Å²) < 4.78 is 12.3. The van der Waals surface area contributed by atoms with Crippen molar-refractivity contribution in [3.8, 4) is 17.2 Å². The third-order valence-electron chi connectivity index (χ3n) is 3.27. The molecule has 1 aliphatic rings. The Labute approximate surface area is 116 Å². The Balaban J connectivity index is 2.00. The van der Waals surface area contributed by atoms with Gasteiger partial charge in [0.2, 0.25) is 6.79 Å². The zero-order valence-electron chi connectivity index (χ0n) is 11.2. The van der Waals surface area contributed by atoms with Crippen LogP contribution in [0.15, 0.2) is 18.2 Å². The summed E-state index contributed by atoms with van der Waals surface area (Å²) in [6.07, 6.45) is 3.55. The van der Waals surface area contributed by atoms with Crippen LogP contribution in [0.1, 0.15) is 35.9 Å². The molecule has 0 fully saturated rings. The van der Waals surface area contributed by atoms with Gasteiger partial charge in [-0.2, -0.15) is 0 Å². The number of carbonyl (C=O) groups is 1. The van der Waals surface area contributed by atoms with Crippen LogP contribution in [-0.4, -0.2) is 28.1 Å². The number of unbranched alkanes of at least 4 members (excludes halogenated alkanes) is 1. The number of aromatic nitrogens is 3. The highest BCUT2D eigenvalue weighted by Gasteiger charge is 2.17. The van der Waals surface area contributed by atoms with E-state index >= 15 is 0 Å². The zero-order valence-corrected chi connectivity index (χ0v) is 11.2. The number of fused-ring (bicyclic) bond motifs is 1. The minimum Gasteiger partial charge on any atom is -0.454 e. The van der Waals surface area contributed by atoms with Crippen molar-refractivity contribution in [1.82, 2.24) is 15.0 Å². The number of hydrogen-bond donors (Lipinski definition) is 0. The first kappa shape index (κ1) is 12.7. The van der Waals surface area contributed by atoms with Crippen LogP contribution in [0.5, 0.6) is 11.5 Å². The SMILES string of the molecule is CCCCc1c(C=O)nnn1-c1ccc2c(c1)OCO2. The number of nitrogens with zero attached hydrogens (tertiary/aromatic N) is 3. The summed E-state index contributed by atoms with van der Waals surface area (Å²) in [5, 5.41) is 8.00. The maximum Gasteiger partial charge on any atom is 0.231 e. The molecule has 0 atom stereocenters. The van der Waals surface area contributed by atoms with Gasteiger partial charge in [0.1, 0.15) is 5.69 Å². The van der Waals surface area contributed by atoms with Crippen LogP contribution in [0.3, 0.4) is 0 Å². The Kier molecular flexibility index (Phi) is 3.37. The summed E-state index contributed by atoms with van der Waals surface area (Å²) in [4.78, 5) is 11.1. The lowest BCUT2D eigenvalue weighted by Crippen LogP contribution is -2.04. The molecule has 1 aromatic carbocycles. The van der Waals surface area contributed by atoms with Gasteiger partial charge in [0.05, 0.1) is 11.4 Å². The Morgan fingerprint density at radius 1 is 1.35 bits per heavy atom. The van der Waals surface area contributed by atoms with Gasteiger partial charge in [-0.05, 0) is 25.0 Å². The van der Waals surface area contributed by atoms with Gasteiger partial charge >= 0.3 is 0 Å². The molecule has 0 bridgehead atoms. The highest BCUT2D eigenvalue weighted by atomic mass is 16.7. The van der Waals surface area contributed by atoms with Crippen molar-refractivity contribution < 1.29 is 14.3 Å². The molecule has 1 aromatic heterocycles. The van der Waals surface area contributed by atoms with Crippen LogP contribution in [0, 0.1) is 0 Å². The van der Waals surface area contributed by atoms with Crippen LogP contribution in [0.25, 0.3) is 5.69 Å². The average molecular weight is 273 g/mol. The largest absolute Gasteiger partial charge is 0.454 e. The summed E-state index contributed by atoms with van der Waals surface area (Å²) >= 11 is 0. The molecule has 104 valence electrons. The van der Waals surface area contributed by atoms with E-state index < -0.39 is 0 Å². The van der Waals surface area contributed by atoms with Gasteiger partial charge in [0.25, 0.3) is 0 Å². The van der Waals surface area contributed by atoms with Crippen LogP contribution in [0.2, 0.25) is 0 Å². The maximum absolute atomic E-state index is 11.1. The summed E-state index contributed by atoms with van der Waals surface area (Å²) in [6.45, 7) is 2.34. The monoisotopic (exact) mass is 273 g/mol. The minimum absolute atomic E-state index is 0.235. The Morgan fingerprint density at radius 2 is 2.20 bits per heavy atom. The lowest BCUT2D eigenvalue weighted by molar-refractivity contribution is 0.111. The number of hydrogen-bond acceptors (Lipinski definition) is 5. The lowest BCUT2D eigenvalue weighted by Gasteiger charge is -2.07. The average Bonchev–Trinajstić information content (AvgIpc) is 3.10. The Hall–Kier alpha value is -2.37. The van der Waals surface area contributed by atoms with Gasteiger partial charge in [0, 0.05) is 6.07 Å². The van der Waals surface area contributed by atoms with Gasteiger partial charge in [-0.3, -0.25) is 4.79 Å².